The molecule has 2 amide bonds. The number of ether oxygens (including phenoxy) is 1. The van der Waals surface area contributed by atoms with Gasteiger partial charge >= 0.3 is 6.03 Å². The van der Waals surface area contributed by atoms with Gasteiger partial charge in [0.25, 0.3) is 0 Å². The first kappa shape index (κ1) is 14.8. The van der Waals surface area contributed by atoms with Crippen molar-refractivity contribution in [3.8, 4) is 0 Å². The number of carbonyl (C=O) groups is 1. The molecule has 1 aromatic rings. The van der Waals surface area contributed by atoms with Crippen LogP contribution in [-0.4, -0.2) is 37.7 Å². The highest BCUT2D eigenvalue weighted by Gasteiger charge is 2.29. The van der Waals surface area contributed by atoms with E-state index >= 15 is 0 Å². The van der Waals surface area contributed by atoms with Crippen LogP contribution < -0.4 is 5.32 Å². The highest BCUT2D eigenvalue weighted by molar-refractivity contribution is 5.75. The molecular formula is C15H21FN2O2. The van der Waals surface area contributed by atoms with Gasteiger partial charge in [-0.15, -0.1) is 0 Å². The Kier molecular flexibility index (Phi) is 5.35. The number of rotatable bonds is 5. The Morgan fingerprint density at radius 1 is 1.45 bits per heavy atom. The van der Waals surface area contributed by atoms with Gasteiger partial charge in [0.05, 0.1) is 6.04 Å². The average Bonchev–Trinajstić information content (AvgIpc) is 2.93. The van der Waals surface area contributed by atoms with Crippen molar-refractivity contribution in [2.75, 3.05) is 26.8 Å². The summed E-state index contributed by atoms with van der Waals surface area (Å²) in [4.78, 5) is 14.0. The molecule has 1 fully saturated rings. The predicted octanol–water partition coefficient (Wildman–Crippen LogP) is 2.71. The lowest BCUT2D eigenvalue weighted by molar-refractivity contribution is 0.182. The molecule has 1 aliphatic rings. The lowest BCUT2D eigenvalue weighted by Crippen LogP contribution is -2.40. The fraction of sp³-hybridized carbons (Fsp3) is 0.533. The van der Waals surface area contributed by atoms with Gasteiger partial charge in [-0.3, -0.25) is 0 Å². The molecule has 1 saturated heterocycles. The number of methoxy groups -OCH3 is 1. The average molecular weight is 280 g/mol. The molecule has 0 unspecified atom stereocenters. The first-order valence-corrected chi connectivity index (χ1v) is 7.01. The van der Waals surface area contributed by atoms with E-state index in [-0.39, 0.29) is 17.9 Å². The van der Waals surface area contributed by atoms with Crippen LogP contribution in [0.15, 0.2) is 24.3 Å². The summed E-state index contributed by atoms with van der Waals surface area (Å²) in [7, 11) is 1.65. The van der Waals surface area contributed by atoms with E-state index in [0.717, 1.165) is 31.4 Å². The van der Waals surface area contributed by atoms with Crippen molar-refractivity contribution in [1.82, 2.24) is 10.2 Å². The van der Waals surface area contributed by atoms with Crippen LogP contribution in [0.3, 0.4) is 0 Å². The number of likely N-dealkylation sites (tertiary alicyclic amines) is 1. The number of hydrogen-bond acceptors (Lipinski definition) is 2. The fourth-order valence-corrected chi connectivity index (χ4v) is 2.55. The topological polar surface area (TPSA) is 41.6 Å². The summed E-state index contributed by atoms with van der Waals surface area (Å²) in [6.45, 7) is 2.00. The van der Waals surface area contributed by atoms with Gasteiger partial charge in [0.15, 0.2) is 0 Å². The van der Waals surface area contributed by atoms with Crippen LogP contribution >= 0.6 is 0 Å². The van der Waals surface area contributed by atoms with Crippen molar-refractivity contribution < 1.29 is 13.9 Å². The molecule has 4 nitrogen and oxygen atoms in total. The molecule has 1 N–H and O–H groups in total. The Morgan fingerprint density at radius 2 is 2.20 bits per heavy atom. The van der Waals surface area contributed by atoms with Gasteiger partial charge in [-0.25, -0.2) is 9.18 Å². The zero-order chi connectivity index (χ0) is 14.4. The summed E-state index contributed by atoms with van der Waals surface area (Å²) >= 11 is 0. The number of amides is 2. The summed E-state index contributed by atoms with van der Waals surface area (Å²) in [5.41, 5.74) is 0.996. The Balaban J connectivity index is 1.93. The molecule has 0 saturated carbocycles. The monoisotopic (exact) mass is 280 g/mol. The van der Waals surface area contributed by atoms with Gasteiger partial charge in [0.2, 0.25) is 0 Å². The molecule has 20 heavy (non-hydrogen) atoms. The summed E-state index contributed by atoms with van der Waals surface area (Å²) in [6, 6.07) is 6.42. The van der Waals surface area contributed by atoms with Crippen LogP contribution in [0.2, 0.25) is 0 Å². The molecule has 0 aromatic heterocycles. The highest BCUT2D eigenvalue weighted by Crippen LogP contribution is 2.31. The molecule has 5 heteroatoms. The van der Waals surface area contributed by atoms with E-state index in [1.54, 1.807) is 19.2 Å². The summed E-state index contributed by atoms with van der Waals surface area (Å²) < 4.78 is 17.9. The smallest absolute Gasteiger partial charge is 0.317 e. The predicted molar refractivity (Wildman–Crippen MR) is 75.0 cm³/mol. The quantitative estimate of drug-likeness (QED) is 0.843. The molecule has 1 heterocycles. The Hall–Kier alpha value is -1.62. The summed E-state index contributed by atoms with van der Waals surface area (Å²) in [6.07, 6.45) is 2.71. The molecular weight excluding hydrogens is 259 g/mol. The van der Waals surface area contributed by atoms with Crippen LogP contribution in [-0.2, 0) is 4.74 Å². The standard InChI is InChI=1S/C15H21FN2O2/c1-20-11-3-9-17-15(19)18-10-2-4-14(18)12-5-7-13(16)8-6-12/h5-8,14H,2-4,9-11H2,1H3,(H,17,19)/t14-/m1/s1. The first-order valence-electron chi connectivity index (χ1n) is 7.01. The van der Waals surface area contributed by atoms with E-state index < -0.39 is 0 Å². The van der Waals surface area contributed by atoms with E-state index in [1.807, 2.05) is 4.90 Å². The maximum absolute atomic E-state index is 13.0. The summed E-state index contributed by atoms with van der Waals surface area (Å²) in [5.74, 6) is -0.248. The van der Waals surface area contributed by atoms with Gasteiger partial charge in [-0.1, -0.05) is 12.1 Å². The van der Waals surface area contributed by atoms with Gasteiger partial charge < -0.3 is 15.0 Å². The van der Waals surface area contributed by atoms with E-state index in [4.69, 9.17) is 4.74 Å². The Bertz CT molecular complexity index is 436. The van der Waals surface area contributed by atoms with Crippen LogP contribution in [0.1, 0.15) is 30.9 Å². The summed E-state index contributed by atoms with van der Waals surface area (Å²) in [5, 5.41) is 2.90. The third kappa shape index (κ3) is 3.70. The molecule has 0 spiro atoms. The van der Waals surface area contributed by atoms with Gasteiger partial charge in [0.1, 0.15) is 5.82 Å². The second-order valence-electron chi connectivity index (χ2n) is 4.98. The van der Waals surface area contributed by atoms with Crippen molar-refractivity contribution in [3.63, 3.8) is 0 Å². The molecule has 1 atom stereocenters. The molecule has 2 rings (SSSR count). The SMILES string of the molecule is COCCCNC(=O)N1CCC[C@@H]1c1ccc(F)cc1. The zero-order valence-electron chi connectivity index (χ0n) is 11.8. The largest absolute Gasteiger partial charge is 0.385 e. The second kappa shape index (κ2) is 7.24. The number of hydrogen-bond donors (Lipinski definition) is 1. The van der Waals surface area contributed by atoms with Gasteiger partial charge in [0, 0.05) is 26.8 Å². The lowest BCUT2D eigenvalue weighted by atomic mass is 10.0. The normalized spacial score (nSPS) is 18.3. The Morgan fingerprint density at radius 3 is 2.90 bits per heavy atom. The third-order valence-corrected chi connectivity index (χ3v) is 3.57. The van der Waals surface area contributed by atoms with Crippen LogP contribution in [0.25, 0.3) is 0 Å². The number of nitrogens with one attached hydrogen (secondary N) is 1. The minimum Gasteiger partial charge on any atom is -0.385 e. The molecule has 0 radical (unpaired) electrons. The van der Waals surface area contributed by atoms with Gasteiger partial charge in [-0.05, 0) is 37.0 Å². The first-order chi connectivity index (χ1) is 9.72. The molecule has 110 valence electrons. The van der Waals surface area contributed by atoms with Crippen LogP contribution in [0.4, 0.5) is 9.18 Å². The Labute approximate surface area is 118 Å². The minimum atomic E-state index is -0.248. The number of carbonyl (C=O) groups excluding carboxylic acids is 1. The highest BCUT2D eigenvalue weighted by atomic mass is 19.1. The number of benzene rings is 1. The van der Waals surface area contributed by atoms with E-state index in [0.29, 0.717) is 13.2 Å². The van der Waals surface area contributed by atoms with Crippen LogP contribution in [0.5, 0.6) is 0 Å². The molecule has 0 bridgehead atoms. The second-order valence-corrected chi connectivity index (χ2v) is 4.98. The zero-order valence-corrected chi connectivity index (χ0v) is 11.8. The van der Waals surface area contributed by atoms with Gasteiger partial charge in [-0.2, -0.15) is 0 Å². The third-order valence-electron chi connectivity index (χ3n) is 3.57. The number of urea groups is 1. The van der Waals surface area contributed by atoms with E-state index in [1.165, 1.54) is 12.1 Å². The molecule has 1 aliphatic heterocycles. The number of nitrogens with zero attached hydrogens (tertiary/aromatic N) is 1. The maximum atomic E-state index is 13.0. The maximum Gasteiger partial charge on any atom is 0.317 e. The van der Waals surface area contributed by atoms with Crippen molar-refractivity contribution >= 4 is 6.03 Å². The van der Waals surface area contributed by atoms with Crippen LogP contribution in [0, 0.1) is 5.82 Å². The lowest BCUT2D eigenvalue weighted by Gasteiger charge is -2.25. The number of halogens is 1. The van der Waals surface area contributed by atoms with Crippen molar-refractivity contribution in [2.24, 2.45) is 0 Å². The molecule has 0 aliphatic carbocycles. The van der Waals surface area contributed by atoms with Crippen molar-refractivity contribution in [3.05, 3.63) is 35.6 Å². The minimum absolute atomic E-state index is 0.0482. The van der Waals surface area contributed by atoms with Crippen molar-refractivity contribution in [2.45, 2.75) is 25.3 Å². The van der Waals surface area contributed by atoms with E-state index in [9.17, 15) is 9.18 Å². The van der Waals surface area contributed by atoms with E-state index in [2.05, 4.69) is 5.32 Å². The van der Waals surface area contributed by atoms with Crippen molar-refractivity contribution in [1.29, 1.82) is 0 Å². The fourth-order valence-electron chi connectivity index (χ4n) is 2.55. The molecule has 1 aromatic carbocycles.